The number of rotatable bonds is 1. The smallest absolute Gasteiger partial charge is 0.335 e. The molecular weight excluding hydrogens is 178 g/mol. The maximum absolute atomic E-state index is 11.5. The maximum Gasteiger partial charge on any atom is 0.335 e. The van der Waals surface area contributed by atoms with Crippen LogP contribution in [-0.4, -0.2) is 37.1 Å². The fourth-order valence-corrected chi connectivity index (χ4v) is 2.77. The Hall–Kier alpha value is -0.830. The van der Waals surface area contributed by atoms with Crippen molar-refractivity contribution in [2.24, 2.45) is 5.92 Å². The molecule has 14 heavy (non-hydrogen) atoms. The summed E-state index contributed by atoms with van der Waals surface area (Å²) in [6.45, 7) is 2.26. The molecule has 0 aromatic rings. The van der Waals surface area contributed by atoms with E-state index in [-0.39, 0.29) is 12.0 Å². The molecule has 3 atom stereocenters. The summed E-state index contributed by atoms with van der Waals surface area (Å²) >= 11 is 0. The predicted molar refractivity (Wildman–Crippen MR) is 53.8 cm³/mol. The summed E-state index contributed by atoms with van der Waals surface area (Å²) in [4.78, 5) is 13.8. The Labute approximate surface area is 84.7 Å². The van der Waals surface area contributed by atoms with Gasteiger partial charge in [-0.15, -0.1) is 0 Å². The highest BCUT2D eigenvalue weighted by atomic mass is 16.5. The average molecular weight is 195 g/mol. The van der Waals surface area contributed by atoms with Crippen LogP contribution in [0.1, 0.15) is 19.8 Å². The van der Waals surface area contributed by atoms with E-state index in [0.29, 0.717) is 12.0 Å². The summed E-state index contributed by atoms with van der Waals surface area (Å²) in [6, 6.07) is 0.907. The van der Waals surface area contributed by atoms with Crippen molar-refractivity contribution in [2.45, 2.75) is 31.8 Å². The van der Waals surface area contributed by atoms with Crippen molar-refractivity contribution in [3.63, 3.8) is 0 Å². The van der Waals surface area contributed by atoms with Gasteiger partial charge in [0.05, 0.1) is 12.7 Å². The minimum Gasteiger partial charge on any atom is -0.466 e. The quantitative estimate of drug-likeness (QED) is 0.589. The highest BCUT2D eigenvalue weighted by molar-refractivity contribution is 5.90. The molecule has 78 valence electrons. The zero-order valence-electron chi connectivity index (χ0n) is 8.99. The van der Waals surface area contributed by atoms with E-state index in [9.17, 15) is 4.79 Å². The van der Waals surface area contributed by atoms with Gasteiger partial charge >= 0.3 is 5.97 Å². The molecule has 0 aromatic heterocycles. The van der Waals surface area contributed by atoms with Crippen LogP contribution in [-0.2, 0) is 9.53 Å². The van der Waals surface area contributed by atoms with Gasteiger partial charge in [-0.2, -0.15) is 0 Å². The molecule has 0 amide bonds. The lowest BCUT2D eigenvalue weighted by molar-refractivity contribution is -0.136. The van der Waals surface area contributed by atoms with Gasteiger partial charge in [-0.3, -0.25) is 4.90 Å². The standard InChI is InChI=1S/C11H17NO2/c1-7-6-10-8(11(13)14-3)4-5-9(7)12(10)2/h4,7,9-10H,5-6H2,1-3H3/t7-,9+,10+/m0/s1. The fourth-order valence-electron chi connectivity index (χ4n) is 2.77. The second kappa shape index (κ2) is 3.39. The van der Waals surface area contributed by atoms with Crippen molar-refractivity contribution in [2.75, 3.05) is 14.2 Å². The number of esters is 1. The molecule has 0 N–H and O–H groups in total. The SMILES string of the molecule is COC(=O)C1=CC[C@@H]2[C@@H](C)C[C@H]1N2C. The van der Waals surface area contributed by atoms with E-state index in [2.05, 4.69) is 24.9 Å². The van der Waals surface area contributed by atoms with Crippen molar-refractivity contribution in [3.05, 3.63) is 11.6 Å². The first-order valence-corrected chi connectivity index (χ1v) is 5.15. The average Bonchev–Trinajstić information content (AvgIpc) is 2.38. The number of carbonyl (C=O) groups excluding carboxylic acids is 1. The zero-order chi connectivity index (χ0) is 10.3. The molecule has 0 spiro atoms. The van der Waals surface area contributed by atoms with Crippen LogP contribution in [0.5, 0.6) is 0 Å². The second-order valence-corrected chi connectivity index (χ2v) is 4.35. The summed E-state index contributed by atoms with van der Waals surface area (Å²) in [6.07, 6.45) is 4.13. The van der Waals surface area contributed by atoms with Crippen molar-refractivity contribution >= 4 is 5.97 Å². The number of likely N-dealkylation sites (N-methyl/N-ethyl adjacent to an activating group) is 1. The summed E-state index contributed by atoms with van der Waals surface area (Å²) in [5, 5.41) is 0. The molecule has 0 saturated carbocycles. The Balaban J connectivity index is 2.23. The van der Waals surface area contributed by atoms with Gasteiger partial charge in [0.2, 0.25) is 0 Å². The van der Waals surface area contributed by atoms with Gasteiger partial charge in [0.1, 0.15) is 0 Å². The first-order valence-electron chi connectivity index (χ1n) is 5.15. The number of nitrogens with zero attached hydrogens (tertiary/aromatic N) is 1. The molecule has 3 nitrogen and oxygen atoms in total. The van der Waals surface area contributed by atoms with Gasteiger partial charge < -0.3 is 4.74 Å². The Morgan fingerprint density at radius 3 is 3.00 bits per heavy atom. The van der Waals surface area contributed by atoms with Crippen LogP contribution in [0.4, 0.5) is 0 Å². The van der Waals surface area contributed by atoms with Gasteiger partial charge in [0, 0.05) is 12.1 Å². The topological polar surface area (TPSA) is 29.5 Å². The van der Waals surface area contributed by atoms with Crippen LogP contribution in [0.15, 0.2) is 11.6 Å². The second-order valence-electron chi connectivity index (χ2n) is 4.35. The van der Waals surface area contributed by atoms with E-state index in [0.717, 1.165) is 18.4 Å². The third-order valence-electron chi connectivity index (χ3n) is 3.63. The summed E-state index contributed by atoms with van der Waals surface area (Å²) in [5.74, 6) is 0.526. The van der Waals surface area contributed by atoms with Crippen molar-refractivity contribution in [1.82, 2.24) is 4.90 Å². The molecule has 1 fully saturated rings. The van der Waals surface area contributed by atoms with Crippen LogP contribution in [0.25, 0.3) is 0 Å². The lowest BCUT2D eigenvalue weighted by Gasteiger charge is -2.31. The Morgan fingerprint density at radius 2 is 2.36 bits per heavy atom. The monoisotopic (exact) mass is 195 g/mol. The molecule has 2 bridgehead atoms. The van der Waals surface area contributed by atoms with Gasteiger partial charge in [-0.25, -0.2) is 4.79 Å². The maximum atomic E-state index is 11.5. The van der Waals surface area contributed by atoms with Crippen LogP contribution < -0.4 is 0 Å². The van der Waals surface area contributed by atoms with Gasteiger partial charge in [-0.05, 0) is 25.8 Å². The van der Waals surface area contributed by atoms with Crippen LogP contribution in [0, 0.1) is 5.92 Å². The summed E-state index contributed by atoms with van der Waals surface area (Å²) < 4.78 is 4.79. The van der Waals surface area contributed by atoms with Gasteiger partial charge in [-0.1, -0.05) is 13.0 Å². The van der Waals surface area contributed by atoms with Crippen molar-refractivity contribution in [3.8, 4) is 0 Å². The number of methoxy groups -OCH3 is 1. The molecule has 2 heterocycles. The van der Waals surface area contributed by atoms with Crippen molar-refractivity contribution in [1.29, 1.82) is 0 Å². The summed E-state index contributed by atoms with van der Waals surface area (Å²) in [7, 11) is 3.56. The molecule has 2 rings (SSSR count). The van der Waals surface area contributed by atoms with E-state index in [1.54, 1.807) is 0 Å². The normalized spacial score (nSPS) is 36.8. The molecule has 2 aliphatic heterocycles. The first-order chi connectivity index (χ1) is 6.65. The van der Waals surface area contributed by atoms with Crippen LogP contribution in [0.3, 0.4) is 0 Å². The molecule has 1 saturated heterocycles. The van der Waals surface area contributed by atoms with Crippen LogP contribution in [0.2, 0.25) is 0 Å². The molecule has 0 aromatic carbocycles. The molecule has 2 aliphatic rings. The fraction of sp³-hybridized carbons (Fsp3) is 0.727. The zero-order valence-corrected chi connectivity index (χ0v) is 8.99. The number of carbonyl (C=O) groups is 1. The minimum atomic E-state index is -0.158. The van der Waals surface area contributed by atoms with Crippen molar-refractivity contribution < 1.29 is 9.53 Å². The van der Waals surface area contributed by atoms with E-state index >= 15 is 0 Å². The highest BCUT2D eigenvalue weighted by Gasteiger charge is 2.42. The third-order valence-corrected chi connectivity index (χ3v) is 3.63. The van der Waals surface area contributed by atoms with Gasteiger partial charge in [0.15, 0.2) is 0 Å². The van der Waals surface area contributed by atoms with Gasteiger partial charge in [0.25, 0.3) is 0 Å². The molecule has 3 heteroatoms. The molecular formula is C11H17NO2. The highest BCUT2D eigenvalue weighted by Crippen LogP contribution is 2.38. The number of hydrogen-bond acceptors (Lipinski definition) is 3. The van der Waals surface area contributed by atoms with E-state index in [1.165, 1.54) is 7.11 Å². The first kappa shape index (κ1) is 9.71. The number of ether oxygens (including phenoxy) is 1. The Morgan fingerprint density at radius 1 is 1.64 bits per heavy atom. The van der Waals surface area contributed by atoms with Crippen LogP contribution >= 0.6 is 0 Å². The molecule has 0 unspecified atom stereocenters. The lowest BCUT2D eigenvalue weighted by Crippen LogP contribution is -2.39. The molecule has 0 radical (unpaired) electrons. The Kier molecular flexibility index (Phi) is 2.35. The van der Waals surface area contributed by atoms with E-state index in [1.807, 2.05) is 0 Å². The van der Waals surface area contributed by atoms with E-state index in [4.69, 9.17) is 4.74 Å². The third kappa shape index (κ3) is 1.27. The number of hydrogen-bond donors (Lipinski definition) is 0. The predicted octanol–water partition coefficient (Wildman–Crippen LogP) is 1.20. The molecule has 0 aliphatic carbocycles. The van der Waals surface area contributed by atoms with E-state index < -0.39 is 0 Å². The number of fused-ring (bicyclic) bond motifs is 2. The Bertz CT molecular complexity index is 285. The summed E-state index contributed by atoms with van der Waals surface area (Å²) in [5.41, 5.74) is 0.857. The largest absolute Gasteiger partial charge is 0.466 e. The lowest BCUT2D eigenvalue weighted by atomic mass is 10.0. The minimum absolute atomic E-state index is 0.158.